The zero-order chi connectivity index (χ0) is 30.2. The normalized spacial score (nSPS) is 13.0. The molecule has 4 aromatic rings. The van der Waals surface area contributed by atoms with Crippen LogP contribution in [-0.2, 0) is 27.0 Å². The van der Waals surface area contributed by atoms with Crippen LogP contribution in [0.4, 0.5) is 5.82 Å². The predicted octanol–water partition coefficient (Wildman–Crippen LogP) is 7.47. The highest BCUT2D eigenvalue weighted by molar-refractivity contribution is 7.89. The molecule has 0 spiro atoms. The van der Waals surface area contributed by atoms with E-state index >= 15 is 0 Å². The second kappa shape index (κ2) is 14.3. The number of hydrogen-bond acceptors (Lipinski definition) is 6. The van der Waals surface area contributed by atoms with Crippen molar-refractivity contribution in [2.75, 3.05) is 18.0 Å². The Morgan fingerprint density at radius 3 is 2.05 bits per heavy atom. The fourth-order valence-corrected chi connectivity index (χ4v) is 6.66. The van der Waals surface area contributed by atoms with E-state index in [0.29, 0.717) is 22.0 Å². The number of sulfonamides is 1. The van der Waals surface area contributed by atoms with Crippen LogP contribution in [0.5, 0.6) is 0 Å². The maximum absolute atomic E-state index is 12.3. The van der Waals surface area contributed by atoms with Crippen LogP contribution in [0.1, 0.15) is 49.8 Å². The van der Waals surface area contributed by atoms with E-state index in [0.717, 1.165) is 79.2 Å². The summed E-state index contributed by atoms with van der Waals surface area (Å²) in [5.41, 5.74) is 5.16. The molecule has 0 fully saturated rings. The second-order valence-corrected chi connectivity index (χ2v) is 13.3. The van der Waals surface area contributed by atoms with Gasteiger partial charge in [0.15, 0.2) is 5.82 Å². The van der Waals surface area contributed by atoms with Crippen LogP contribution in [0.3, 0.4) is 0 Å². The molecule has 43 heavy (non-hydrogen) atoms. The van der Waals surface area contributed by atoms with Gasteiger partial charge in [-0.3, -0.25) is 9.52 Å². The van der Waals surface area contributed by atoms with Gasteiger partial charge in [0.25, 0.3) is 0 Å². The van der Waals surface area contributed by atoms with E-state index in [1.807, 2.05) is 54.6 Å². The van der Waals surface area contributed by atoms with Gasteiger partial charge in [-0.2, -0.15) is 0 Å². The maximum Gasteiger partial charge on any atom is 0.239 e. The molecule has 1 aliphatic rings. The summed E-state index contributed by atoms with van der Waals surface area (Å²) in [7, 11) is -3.70. The molecule has 224 valence electrons. The summed E-state index contributed by atoms with van der Waals surface area (Å²) in [6, 6.07) is 24.2. The van der Waals surface area contributed by atoms with Gasteiger partial charge in [0, 0.05) is 40.7 Å². The summed E-state index contributed by atoms with van der Waals surface area (Å²) >= 11 is 12.3. The number of hydrogen-bond donors (Lipinski definition) is 1. The molecule has 0 saturated carbocycles. The van der Waals surface area contributed by atoms with Crippen LogP contribution in [0.2, 0.25) is 10.0 Å². The lowest BCUT2D eigenvalue weighted by Gasteiger charge is -2.30. The fraction of sp³-hybridized carbons (Fsp3) is 0.303. The number of carbonyl (C=O) groups excluding carboxylic acids is 1. The minimum absolute atomic E-state index is 0.184. The number of fused-ring (bicyclic) bond motifs is 1. The highest BCUT2D eigenvalue weighted by Crippen LogP contribution is 2.35. The Kier molecular flexibility index (Phi) is 10.3. The summed E-state index contributed by atoms with van der Waals surface area (Å²) in [5.74, 6) is 0.250. The maximum atomic E-state index is 12.3. The third-order valence-corrected chi connectivity index (χ3v) is 9.13. The number of anilines is 1. The van der Waals surface area contributed by atoms with E-state index in [4.69, 9.17) is 33.2 Å². The van der Waals surface area contributed by atoms with Gasteiger partial charge in [-0.25, -0.2) is 18.4 Å². The molecular formula is C33H34Cl2N4O3S. The van der Waals surface area contributed by atoms with Gasteiger partial charge in [0.2, 0.25) is 15.9 Å². The third kappa shape index (κ3) is 8.56. The molecule has 5 rings (SSSR count). The zero-order valence-electron chi connectivity index (χ0n) is 23.8. The number of halogens is 2. The summed E-state index contributed by atoms with van der Waals surface area (Å²) < 4.78 is 26.8. The van der Waals surface area contributed by atoms with E-state index in [-0.39, 0.29) is 12.2 Å². The van der Waals surface area contributed by atoms with Crippen LogP contribution in [0.25, 0.3) is 22.5 Å². The van der Waals surface area contributed by atoms with Crippen molar-refractivity contribution in [1.82, 2.24) is 14.7 Å². The Morgan fingerprint density at radius 1 is 0.791 bits per heavy atom. The minimum Gasteiger partial charge on any atom is -0.355 e. The topological polar surface area (TPSA) is 92.3 Å². The van der Waals surface area contributed by atoms with Crippen molar-refractivity contribution in [3.63, 3.8) is 0 Å². The first-order valence-corrected chi connectivity index (χ1v) is 16.9. The minimum atomic E-state index is -3.70. The average molecular weight is 638 g/mol. The average Bonchev–Trinajstić information content (AvgIpc) is 2.99. The van der Waals surface area contributed by atoms with Gasteiger partial charge in [-0.05, 0) is 55.5 Å². The summed E-state index contributed by atoms with van der Waals surface area (Å²) in [4.78, 5) is 24.9. The summed E-state index contributed by atoms with van der Waals surface area (Å²) in [5, 5.41) is 1.33. The Labute approximate surface area is 263 Å². The van der Waals surface area contributed by atoms with Gasteiger partial charge in [0.05, 0.1) is 22.8 Å². The number of aryl methyl sites for hydroxylation is 1. The molecule has 0 atom stereocenters. The van der Waals surface area contributed by atoms with E-state index < -0.39 is 15.9 Å². The van der Waals surface area contributed by atoms with Crippen molar-refractivity contribution in [1.29, 1.82) is 0 Å². The van der Waals surface area contributed by atoms with Crippen molar-refractivity contribution >= 4 is 45.0 Å². The predicted molar refractivity (Wildman–Crippen MR) is 174 cm³/mol. The van der Waals surface area contributed by atoms with Gasteiger partial charge >= 0.3 is 0 Å². The lowest BCUT2D eigenvalue weighted by molar-refractivity contribution is -0.119. The number of nitrogens with zero attached hydrogens (tertiary/aromatic N) is 3. The first-order chi connectivity index (χ1) is 20.8. The Bertz CT molecular complexity index is 1650. The molecule has 1 aromatic heterocycles. The van der Waals surface area contributed by atoms with Crippen molar-refractivity contribution in [3.05, 3.63) is 100 Å². The molecule has 7 nitrogen and oxygen atoms in total. The quantitative estimate of drug-likeness (QED) is 0.162. The van der Waals surface area contributed by atoms with E-state index in [9.17, 15) is 13.2 Å². The largest absolute Gasteiger partial charge is 0.355 e. The SMILES string of the molecule is O=C(CCCCCCN1CCCc2nc(-c3ccc(Cl)cc3)c(-c3ccc(Cl)cc3)nc21)NS(=O)(=O)Cc1ccccc1. The molecule has 1 aliphatic heterocycles. The number of aromatic nitrogens is 2. The molecule has 1 N–H and O–H groups in total. The molecule has 0 saturated heterocycles. The molecule has 0 radical (unpaired) electrons. The first-order valence-electron chi connectivity index (χ1n) is 14.5. The van der Waals surface area contributed by atoms with E-state index in [1.165, 1.54) is 0 Å². The van der Waals surface area contributed by atoms with Crippen LogP contribution in [0.15, 0.2) is 78.9 Å². The number of unbranched alkanes of at least 4 members (excludes halogenated alkanes) is 3. The Hall–Kier alpha value is -3.46. The number of carbonyl (C=O) groups is 1. The fourth-order valence-electron chi connectivity index (χ4n) is 5.26. The van der Waals surface area contributed by atoms with E-state index in [1.54, 1.807) is 24.3 Å². The first kappa shape index (κ1) is 31.0. The molecule has 0 bridgehead atoms. The van der Waals surface area contributed by atoms with Gasteiger partial charge in [-0.1, -0.05) is 90.6 Å². The highest BCUT2D eigenvalue weighted by atomic mass is 35.5. The van der Waals surface area contributed by atoms with Crippen LogP contribution < -0.4 is 9.62 Å². The Balaban J connectivity index is 1.18. The van der Waals surface area contributed by atoms with Crippen LogP contribution in [0, 0.1) is 0 Å². The standard InChI is InChI=1S/C33H34Cl2N4O3S/c34-27-17-13-25(14-18-27)31-32(26-15-19-28(35)20-16-26)37-33-29(36-31)11-8-22-39(33)21-7-2-1-6-12-30(40)38-43(41,42)23-24-9-4-3-5-10-24/h3-5,9-10,13-20H,1-2,6-8,11-12,21-23H2,(H,38,40). The number of benzene rings is 3. The zero-order valence-corrected chi connectivity index (χ0v) is 26.1. The molecule has 0 aliphatic carbocycles. The van der Waals surface area contributed by atoms with Crippen LogP contribution >= 0.6 is 23.2 Å². The smallest absolute Gasteiger partial charge is 0.239 e. The summed E-state index contributed by atoms with van der Waals surface area (Å²) in [6.07, 6.45) is 5.38. The van der Waals surface area contributed by atoms with Gasteiger partial charge in [-0.15, -0.1) is 0 Å². The van der Waals surface area contributed by atoms with E-state index in [2.05, 4.69) is 9.62 Å². The second-order valence-electron chi connectivity index (χ2n) is 10.7. The monoisotopic (exact) mass is 636 g/mol. The lowest BCUT2D eigenvalue weighted by atomic mass is 10.0. The van der Waals surface area contributed by atoms with Crippen molar-refractivity contribution in [3.8, 4) is 22.5 Å². The molecular weight excluding hydrogens is 603 g/mol. The lowest BCUT2D eigenvalue weighted by Crippen LogP contribution is -2.32. The molecule has 1 amide bonds. The van der Waals surface area contributed by atoms with Crippen LogP contribution in [-0.4, -0.2) is 37.4 Å². The van der Waals surface area contributed by atoms with Crippen molar-refractivity contribution < 1.29 is 13.2 Å². The number of rotatable bonds is 12. The molecule has 0 unspecified atom stereocenters. The number of amides is 1. The highest BCUT2D eigenvalue weighted by Gasteiger charge is 2.24. The number of nitrogens with one attached hydrogen (secondary N) is 1. The van der Waals surface area contributed by atoms with Gasteiger partial charge < -0.3 is 4.90 Å². The molecule has 10 heteroatoms. The summed E-state index contributed by atoms with van der Waals surface area (Å²) in [6.45, 7) is 1.74. The van der Waals surface area contributed by atoms with Crippen molar-refractivity contribution in [2.24, 2.45) is 0 Å². The van der Waals surface area contributed by atoms with Crippen molar-refractivity contribution in [2.45, 2.75) is 50.7 Å². The molecule has 3 aromatic carbocycles. The third-order valence-electron chi connectivity index (χ3n) is 7.37. The van der Waals surface area contributed by atoms with Gasteiger partial charge in [0.1, 0.15) is 0 Å². The molecule has 2 heterocycles. The Morgan fingerprint density at radius 2 is 1.40 bits per heavy atom.